The Balaban J connectivity index is 1.89. The van der Waals surface area contributed by atoms with Crippen molar-refractivity contribution in [3.05, 3.63) is 0 Å². The van der Waals surface area contributed by atoms with Crippen LogP contribution in [0.25, 0.3) is 0 Å². The Bertz CT molecular complexity index is 195. The summed E-state index contributed by atoms with van der Waals surface area (Å²) in [6, 6.07) is 0.493. The Morgan fingerprint density at radius 1 is 1.53 bits per heavy atom. The first kappa shape index (κ1) is 11.3. The molecule has 3 unspecified atom stereocenters. The highest BCUT2D eigenvalue weighted by atomic mass is 16.5. The van der Waals surface area contributed by atoms with E-state index in [2.05, 4.69) is 4.90 Å². The van der Waals surface area contributed by atoms with Gasteiger partial charge in [-0.3, -0.25) is 4.90 Å². The van der Waals surface area contributed by atoms with Crippen LogP contribution in [-0.2, 0) is 9.47 Å². The molecule has 15 heavy (non-hydrogen) atoms. The van der Waals surface area contributed by atoms with Gasteiger partial charge < -0.3 is 15.2 Å². The van der Waals surface area contributed by atoms with Crippen molar-refractivity contribution in [2.45, 2.75) is 25.0 Å². The molecule has 0 aromatic carbocycles. The van der Waals surface area contributed by atoms with Gasteiger partial charge in [0, 0.05) is 45.3 Å². The average molecular weight is 214 g/mol. The summed E-state index contributed by atoms with van der Waals surface area (Å²) in [5.41, 5.74) is 5.88. The van der Waals surface area contributed by atoms with E-state index in [4.69, 9.17) is 15.2 Å². The van der Waals surface area contributed by atoms with Crippen LogP contribution < -0.4 is 5.73 Å². The second-order valence-electron chi connectivity index (χ2n) is 4.57. The molecular formula is C11H22N2O2. The van der Waals surface area contributed by atoms with Gasteiger partial charge in [0.25, 0.3) is 0 Å². The maximum atomic E-state index is 5.88. The molecule has 2 heterocycles. The monoisotopic (exact) mass is 214 g/mol. The average Bonchev–Trinajstić information content (AvgIpc) is 2.89. The maximum absolute atomic E-state index is 5.88. The normalized spacial score (nSPS) is 34.8. The predicted molar refractivity (Wildman–Crippen MR) is 58.8 cm³/mol. The first-order chi connectivity index (χ1) is 7.35. The summed E-state index contributed by atoms with van der Waals surface area (Å²) >= 11 is 0. The molecule has 2 rings (SSSR count). The van der Waals surface area contributed by atoms with E-state index in [-0.39, 0.29) is 0 Å². The lowest BCUT2D eigenvalue weighted by molar-refractivity contribution is 0.0892. The summed E-state index contributed by atoms with van der Waals surface area (Å²) in [5.74, 6) is 0.630. The van der Waals surface area contributed by atoms with Crippen molar-refractivity contribution in [2.24, 2.45) is 11.7 Å². The van der Waals surface area contributed by atoms with Gasteiger partial charge in [0.15, 0.2) is 0 Å². The third-order valence-corrected chi connectivity index (χ3v) is 3.73. The molecule has 0 aromatic heterocycles. The van der Waals surface area contributed by atoms with Crippen molar-refractivity contribution in [1.29, 1.82) is 0 Å². The van der Waals surface area contributed by atoms with Gasteiger partial charge in [-0.25, -0.2) is 0 Å². The lowest BCUT2D eigenvalue weighted by Crippen LogP contribution is -2.45. The van der Waals surface area contributed by atoms with Gasteiger partial charge in [-0.15, -0.1) is 0 Å². The Labute approximate surface area is 91.7 Å². The van der Waals surface area contributed by atoms with Crippen LogP contribution in [0, 0.1) is 5.92 Å². The highest BCUT2D eigenvalue weighted by molar-refractivity contribution is 4.88. The molecule has 0 radical (unpaired) electrons. The molecule has 2 N–H and O–H groups in total. The number of methoxy groups -OCH3 is 1. The molecule has 0 aliphatic carbocycles. The molecule has 0 aromatic rings. The Hall–Kier alpha value is -0.160. The van der Waals surface area contributed by atoms with Crippen molar-refractivity contribution in [2.75, 3.05) is 40.0 Å². The minimum atomic E-state index is 0.404. The van der Waals surface area contributed by atoms with Gasteiger partial charge in [0.2, 0.25) is 0 Å². The quantitative estimate of drug-likeness (QED) is 0.719. The zero-order valence-electron chi connectivity index (χ0n) is 9.52. The van der Waals surface area contributed by atoms with Crippen molar-refractivity contribution < 1.29 is 9.47 Å². The molecule has 2 fully saturated rings. The van der Waals surface area contributed by atoms with Crippen LogP contribution in [0.3, 0.4) is 0 Å². The van der Waals surface area contributed by atoms with Gasteiger partial charge in [0.1, 0.15) is 0 Å². The topological polar surface area (TPSA) is 47.7 Å². The van der Waals surface area contributed by atoms with Gasteiger partial charge in [-0.05, 0) is 12.8 Å². The summed E-state index contributed by atoms with van der Waals surface area (Å²) in [6.45, 7) is 4.69. The van der Waals surface area contributed by atoms with E-state index >= 15 is 0 Å². The van der Waals surface area contributed by atoms with E-state index in [0.29, 0.717) is 18.1 Å². The second kappa shape index (κ2) is 5.25. The van der Waals surface area contributed by atoms with Crippen molar-refractivity contribution in [3.8, 4) is 0 Å². The van der Waals surface area contributed by atoms with E-state index < -0.39 is 0 Å². The van der Waals surface area contributed by atoms with E-state index in [9.17, 15) is 0 Å². The molecule has 4 nitrogen and oxygen atoms in total. The Kier molecular flexibility index (Phi) is 3.97. The molecular weight excluding hydrogens is 192 g/mol. The maximum Gasteiger partial charge on any atom is 0.0710 e. The fourth-order valence-corrected chi connectivity index (χ4v) is 2.74. The minimum Gasteiger partial charge on any atom is -0.381 e. The zero-order chi connectivity index (χ0) is 10.7. The van der Waals surface area contributed by atoms with Crippen molar-refractivity contribution in [3.63, 3.8) is 0 Å². The summed E-state index contributed by atoms with van der Waals surface area (Å²) in [4.78, 5) is 2.48. The van der Waals surface area contributed by atoms with Crippen LogP contribution in [0.15, 0.2) is 0 Å². The highest BCUT2D eigenvalue weighted by Gasteiger charge is 2.33. The van der Waals surface area contributed by atoms with Crippen LogP contribution >= 0.6 is 0 Å². The Morgan fingerprint density at radius 3 is 2.93 bits per heavy atom. The molecule has 88 valence electrons. The molecule has 2 aliphatic heterocycles. The number of hydrogen-bond acceptors (Lipinski definition) is 4. The molecule has 0 spiro atoms. The largest absolute Gasteiger partial charge is 0.381 e. The molecule has 0 amide bonds. The van der Waals surface area contributed by atoms with Crippen molar-refractivity contribution in [1.82, 2.24) is 4.90 Å². The molecule has 4 heteroatoms. The van der Waals surface area contributed by atoms with Crippen LogP contribution in [0.1, 0.15) is 12.8 Å². The summed E-state index contributed by atoms with van der Waals surface area (Å²) in [7, 11) is 1.80. The van der Waals surface area contributed by atoms with E-state index in [1.54, 1.807) is 7.11 Å². The SMILES string of the molecule is COC1CCN(C(CN)C2CCOC2)C1. The molecule has 3 atom stereocenters. The molecule has 0 saturated carbocycles. The smallest absolute Gasteiger partial charge is 0.0710 e. The predicted octanol–water partition coefficient (Wildman–Crippen LogP) is 0.0709. The second-order valence-corrected chi connectivity index (χ2v) is 4.57. The number of likely N-dealkylation sites (tertiary alicyclic amines) is 1. The molecule has 0 bridgehead atoms. The fourth-order valence-electron chi connectivity index (χ4n) is 2.74. The van der Waals surface area contributed by atoms with Gasteiger partial charge in [-0.1, -0.05) is 0 Å². The number of nitrogens with zero attached hydrogens (tertiary/aromatic N) is 1. The third kappa shape index (κ3) is 2.50. The van der Waals surface area contributed by atoms with E-state index in [1.807, 2.05) is 0 Å². The van der Waals surface area contributed by atoms with Gasteiger partial charge in [0.05, 0.1) is 12.7 Å². The van der Waals surface area contributed by atoms with Crippen LogP contribution in [0.4, 0.5) is 0 Å². The molecule has 2 aliphatic rings. The lowest BCUT2D eigenvalue weighted by atomic mass is 9.98. The standard InChI is InChI=1S/C11H22N2O2/c1-14-10-2-4-13(7-10)11(6-12)9-3-5-15-8-9/h9-11H,2-8,12H2,1H3. The summed E-state index contributed by atoms with van der Waals surface area (Å²) in [6.07, 6.45) is 2.71. The number of nitrogens with two attached hydrogens (primary N) is 1. The first-order valence-corrected chi connectivity index (χ1v) is 5.89. The zero-order valence-corrected chi connectivity index (χ0v) is 9.52. The third-order valence-electron chi connectivity index (χ3n) is 3.73. The minimum absolute atomic E-state index is 0.404. The number of ether oxygens (including phenoxy) is 2. The van der Waals surface area contributed by atoms with Crippen molar-refractivity contribution >= 4 is 0 Å². The van der Waals surface area contributed by atoms with Crippen LogP contribution in [0.2, 0.25) is 0 Å². The van der Waals surface area contributed by atoms with E-state index in [1.165, 1.54) is 0 Å². The Morgan fingerprint density at radius 2 is 2.40 bits per heavy atom. The molecule has 2 saturated heterocycles. The van der Waals surface area contributed by atoms with Crippen LogP contribution in [0.5, 0.6) is 0 Å². The summed E-state index contributed by atoms with van der Waals surface area (Å²) < 4.78 is 10.8. The summed E-state index contributed by atoms with van der Waals surface area (Å²) in [5, 5.41) is 0. The lowest BCUT2D eigenvalue weighted by Gasteiger charge is -2.30. The fraction of sp³-hybridized carbons (Fsp3) is 1.00. The van der Waals surface area contributed by atoms with Gasteiger partial charge >= 0.3 is 0 Å². The van der Waals surface area contributed by atoms with Gasteiger partial charge in [-0.2, -0.15) is 0 Å². The van der Waals surface area contributed by atoms with E-state index in [0.717, 1.165) is 45.7 Å². The number of rotatable bonds is 4. The highest BCUT2D eigenvalue weighted by Crippen LogP contribution is 2.24. The number of hydrogen-bond donors (Lipinski definition) is 1. The van der Waals surface area contributed by atoms with Crippen LogP contribution in [-0.4, -0.2) is 57.0 Å². The first-order valence-electron chi connectivity index (χ1n) is 5.89.